The highest BCUT2D eigenvalue weighted by molar-refractivity contribution is 5.35. The Morgan fingerprint density at radius 1 is 0.750 bits per heavy atom. The molecule has 0 unspecified atom stereocenters. The number of hydrogen-bond donors (Lipinski definition) is 0. The second-order valence-corrected chi connectivity index (χ2v) is 3.23. The van der Waals surface area contributed by atoms with E-state index in [2.05, 4.69) is 6.92 Å². The molecule has 2 aromatic rings. The van der Waals surface area contributed by atoms with Crippen molar-refractivity contribution in [1.29, 1.82) is 0 Å². The van der Waals surface area contributed by atoms with Crippen LogP contribution in [0.2, 0.25) is 0 Å². The molecule has 2 rings (SSSR count). The largest absolute Gasteiger partial charge is 0.494 e. The highest BCUT2D eigenvalue weighted by Gasteiger charge is 1.97. The van der Waals surface area contributed by atoms with Gasteiger partial charge in [-0.3, -0.25) is 0 Å². The lowest BCUT2D eigenvalue weighted by Gasteiger charge is -2.06. The third-order valence-electron chi connectivity index (χ3n) is 2.07. The van der Waals surface area contributed by atoms with Crippen molar-refractivity contribution >= 4 is 0 Å². The molecule has 1 radical (unpaired) electrons. The quantitative estimate of drug-likeness (QED) is 0.771. The molecular formula is C14H13O2. The average molecular weight is 213 g/mol. The van der Waals surface area contributed by atoms with E-state index in [9.17, 15) is 0 Å². The minimum Gasteiger partial charge on any atom is -0.494 e. The summed E-state index contributed by atoms with van der Waals surface area (Å²) in [6.45, 7) is 4.05. The van der Waals surface area contributed by atoms with Gasteiger partial charge in [0.25, 0.3) is 0 Å². The Kier molecular flexibility index (Phi) is 3.44. The first-order valence-corrected chi connectivity index (χ1v) is 5.13. The molecule has 81 valence electrons. The molecule has 0 saturated heterocycles. The Balaban J connectivity index is 2.05. The Labute approximate surface area is 95.4 Å². The zero-order valence-corrected chi connectivity index (χ0v) is 8.93. The number of para-hydroxylation sites is 1. The first-order valence-electron chi connectivity index (χ1n) is 5.13. The maximum Gasteiger partial charge on any atom is 0.127 e. The van der Waals surface area contributed by atoms with E-state index in [0.717, 1.165) is 17.2 Å². The van der Waals surface area contributed by atoms with Crippen molar-refractivity contribution in [2.24, 2.45) is 0 Å². The normalized spacial score (nSPS) is 9.81. The van der Waals surface area contributed by atoms with E-state index in [1.165, 1.54) is 0 Å². The van der Waals surface area contributed by atoms with Gasteiger partial charge in [-0.15, -0.1) is 0 Å². The van der Waals surface area contributed by atoms with E-state index < -0.39 is 0 Å². The molecule has 0 bridgehead atoms. The maximum atomic E-state index is 5.64. The number of rotatable bonds is 4. The highest BCUT2D eigenvalue weighted by Crippen LogP contribution is 2.23. The van der Waals surface area contributed by atoms with E-state index in [1.807, 2.05) is 54.6 Å². The van der Waals surface area contributed by atoms with Gasteiger partial charge in [0.05, 0.1) is 6.61 Å². The predicted molar refractivity (Wildman–Crippen MR) is 63.8 cm³/mol. The summed E-state index contributed by atoms with van der Waals surface area (Å²) in [6, 6.07) is 17.1. The maximum absolute atomic E-state index is 5.64. The van der Waals surface area contributed by atoms with E-state index in [4.69, 9.17) is 9.47 Å². The lowest BCUT2D eigenvalue weighted by molar-refractivity contribution is 0.360. The SMILES string of the molecule is [CH2]COc1ccc(Oc2ccccc2)cc1. The summed E-state index contributed by atoms with van der Waals surface area (Å²) in [5, 5.41) is 0. The van der Waals surface area contributed by atoms with Crippen LogP contribution in [0.4, 0.5) is 0 Å². The average Bonchev–Trinajstić information content (AvgIpc) is 2.33. The molecule has 16 heavy (non-hydrogen) atoms. The molecule has 0 fully saturated rings. The molecule has 0 aliphatic heterocycles. The summed E-state index contributed by atoms with van der Waals surface area (Å²) in [4.78, 5) is 0. The topological polar surface area (TPSA) is 18.5 Å². The van der Waals surface area contributed by atoms with Gasteiger partial charge in [-0.2, -0.15) is 0 Å². The van der Waals surface area contributed by atoms with Crippen LogP contribution in [0.3, 0.4) is 0 Å². The molecule has 0 atom stereocenters. The van der Waals surface area contributed by atoms with Crippen LogP contribution in [-0.2, 0) is 0 Å². The Morgan fingerprint density at radius 3 is 1.94 bits per heavy atom. The summed E-state index contributed by atoms with van der Waals surface area (Å²) in [5.74, 6) is 2.42. The molecule has 2 aromatic carbocycles. The van der Waals surface area contributed by atoms with Gasteiger partial charge in [-0.25, -0.2) is 0 Å². The zero-order chi connectivity index (χ0) is 11.2. The summed E-state index contributed by atoms with van der Waals surface area (Å²) in [5.41, 5.74) is 0. The second-order valence-electron chi connectivity index (χ2n) is 3.23. The second kappa shape index (κ2) is 5.21. The van der Waals surface area contributed by atoms with Gasteiger partial charge in [-0.1, -0.05) is 18.2 Å². The van der Waals surface area contributed by atoms with E-state index in [-0.39, 0.29) is 0 Å². The minimum atomic E-state index is 0.429. The van der Waals surface area contributed by atoms with Crippen LogP contribution < -0.4 is 9.47 Å². The molecule has 0 spiro atoms. The highest BCUT2D eigenvalue weighted by atomic mass is 16.5. The van der Waals surface area contributed by atoms with Crippen molar-refractivity contribution in [1.82, 2.24) is 0 Å². The molecule has 2 heteroatoms. The molecule has 0 aliphatic rings. The fourth-order valence-corrected chi connectivity index (χ4v) is 1.35. The van der Waals surface area contributed by atoms with Gasteiger partial charge in [0.1, 0.15) is 17.2 Å². The van der Waals surface area contributed by atoms with Crippen LogP contribution in [-0.4, -0.2) is 6.61 Å². The molecule has 0 saturated carbocycles. The van der Waals surface area contributed by atoms with Crippen LogP contribution in [0.25, 0.3) is 0 Å². The zero-order valence-electron chi connectivity index (χ0n) is 8.93. The summed E-state index contributed by atoms with van der Waals surface area (Å²) >= 11 is 0. The number of hydrogen-bond acceptors (Lipinski definition) is 2. The molecule has 0 aromatic heterocycles. The Morgan fingerprint density at radius 2 is 1.31 bits per heavy atom. The van der Waals surface area contributed by atoms with E-state index in [0.29, 0.717) is 6.61 Å². The van der Waals surface area contributed by atoms with Gasteiger partial charge in [0.15, 0.2) is 0 Å². The fraction of sp³-hybridized carbons (Fsp3) is 0.0714. The summed E-state index contributed by atoms with van der Waals surface area (Å²) in [7, 11) is 0. The first-order chi connectivity index (χ1) is 7.88. The van der Waals surface area contributed by atoms with Gasteiger partial charge < -0.3 is 9.47 Å². The molecule has 0 heterocycles. The Hall–Kier alpha value is -1.96. The molecule has 2 nitrogen and oxygen atoms in total. The van der Waals surface area contributed by atoms with Gasteiger partial charge in [0.2, 0.25) is 0 Å². The smallest absolute Gasteiger partial charge is 0.127 e. The van der Waals surface area contributed by atoms with E-state index >= 15 is 0 Å². The fourth-order valence-electron chi connectivity index (χ4n) is 1.35. The monoisotopic (exact) mass is 213 g/mol. The van der Waals surface area contributed by atoms with Crippen molar-refractivity contribution in [3.63, 3.8) is 0 Å². The van der Waals surface area contributed by atoms with E-state index in [1.54, 1.807) is 0 Å². The lowest BCUT2D eigenvalue weighted by Crippen LogP contribution is -1.91. The van der Waals surface area contributed by atoms with Gasteiger partial charge >= 0.3 is 0 Å². The van der Waals surface area contributed by atoms with Crippen molar-refractivity contribution < 1.29 is 9.47 Å². The van der Waals surface area contributed by atoms with Crippen molar-refractivity contribution in [3.05, 3.63) is 61.5 Å². The van der Waals surface area contributed by atoms with Crippen LogP contribution >= 0.6 is 0 Å². The third kappa shape index (κ3) is 2.76. The Bertz CT molecular complexity index is 420. The molecule has 0 amide bonds. The third-order valence-corrected chi connectivity index (χ3v) is 2.07. The minimum absolute atomic E-state index is 0.429. The predicted octanol–water partition coefficient (Wildman–Crippen LogP) is 3.69. The standard InChI is InChI=1S/C14H13O2/c1-2-15-12-8-10-14(11-9-12)16-13-6-4-3-5-7-13/h3-11H,1-2H2. The van der Waals surface area contributed by atoms with Gasteiger partial charge in [-0.05, 0) is 43.3 Å². The van der Waals surface area contributed by atoms with Crippen LogP contribution in [0.1, 0.15) is 0 Å². The summed E-state index contributed by atoms with van der Waals surface area (Å²) in [6.07, 6.45) is 0. The van der Waals surface area contributed by atoms with Crippen LogP contribution in [0.5, 0.6) is 17.2 Å². The van der Waals surface area contributed by atoms with Crippen LogP contribution in [0, 0.1) is 6.92 Å². The molecular weight excluding hydrogens is 200 g/mol. The van der Waals surface area contributed by atoms with Crippen molar-refractivity contribution in [2.75, 3.05) is 6.61 Å². The van der Waals surface area contributed by atoms with Crippen molar-refractivity contribution in [3.8, 4) is 17.2 Å². The lowest BCUT2D eigenvalue weighted by atomic mass is 10.3. The van der Waals surface area contributed by atoms with Gasteiger partial charge in [0, 0.05) is 0 Å². The van der Waals surface area contributed by atoms with Crippen LogP contribution in [0.15, 0.2) is 54.6 Å². The summed E-state index contributed by atoms with van der Waals surface area (Å²) < 4.78 is 10.9. The number of benzene rings is 2. The first kappa shape index (κ1) is 10.6. The van der Waals surface area contributed by atoms with Crippen molar-refractivity contribution in [2.45, 2.75) is 0 Å². The molecule has 0 N–H and O–H groups in total. The molecule has 0 aliphatic carbocycles. The number of ether oxygens (including phenoxy) is 2.